The van der Waals surface area contributed by atoms with Gasteiger partial charge in [0.2, 0.25) is 11.8 Å². The van der Waals surface area contributed by atoms with E-state index in [1.165, 1.54) is 11.8 Å². The molecular weight excluding hydrogens is 248 g/mol. The maximum atomic E-state index is 11.6. The van der Waals surface area contributed by atoms with E-state index in [0.717, 1.165) is 5.56 Å². The first kappa shape index (κ1) is 14.6. The number of carbonyl (C=O) groups is 2. The van der Waals surface area contributed by atoms with Crippen LogP contribution in [-0.2, 0) is 16.0 Å². The zero-order valence-electron chi connectivity index (χ0n) is 10.7. The summed E-state index contributed by atoms with van der Waals surface area (Å²) in [6.07, 6.45) is 2.39. The second-order valence-electron chi connectivity index (χ2n) is 3.86. The van der Waals surface area contributed by atoms with Gasteiger partial charge in [0.05, 0.1) is 6.42 Å². The Hall–Kier alpha value is -1.49. The van der Waals surface area contributed by atoms with Gasteiger partial charge in [-0.2, -0.15) is 0 Å². The summed E-state index contributed by atoms with van der Waals surface area (Å²) in [5.41, 5.74) is 0.991. The molecule has 0 saturated carbocycles. The van der Waals surface area contributed by atoms with Crippen molar-refractivity contribution in [2.75, 3.05) is 19.3 Å². The van der Waals surface area contributed by atoms with Gasteiger partial charge in [-0.1, -0.05) is 12.1 Å². The number of nitrogens with one attached hydrogen (secondary N) is 2. The van der Waals surface area contributed by atoms with Gasteiger partial charge in [-0.3, -0.25) is 9.59 Å². The summed E-state index contributed by atoms with van der Waals surface area (Å²) >= 11 is 1.68. The Bertz CT molecular complexity index is 404. The Labute approximate surface area is 112 Å². The Morgan fingerprint density at radius 1 is 1.11 bits per heavy atom. The lowest BCUT2D eigenvalue weighted by atomic mass is 10.1. The van der Waals surface area contributed by atoms with Crippen LogP contribution in [0.25, 0.3) is 0 Å². The second kappa shape index (κ2) is 7.76. The number of benzene rings is 1. The molecule has 0 aliphatic carbocycles. The number of amides is 2. The van der Waals surface area contributed by atoms with Gasteiger partial charge in [0.15, 0.2) is 0 Å². The van der Waals surface area contributed by atoms with E-state index in [9.17, 15) is 9.59 Å². The minimum atomic E-state index is -0.0862. The third kappa shape index (κ3) is 5.72. The molecule has 1 aromatic carbocycles. The predicted octanol–water partition coefficient (Wildman–Crippen LogP) is 1.20. The first-order valence-corrected chi connectivity index (χ1v) is 6.98. The molecule has 0 fully saturated rings. The van der Waals surface area contributed by atoms with E-state index in [1.54, 1.807) is 11.8 Å². The first-order chi connectivity index (χ1) is 8.61. The van der Waals surface area contributed by atoms with Gasteiger partial charge in [-0.15, -0.1) is 11.8 Å². The molecule has 0 saturated heterocycles. The van der Waals surface area contributed by atoms with E-state index < -0.39 is 0 Å². The highest BCUT2D eigenvalue weighted by Gasteiger charge is 2.02. The lowest BCUT2D eigenvalue weighted by Gasteiger charge is -2.06. The Balaban J connectivity index is 2.28. The van der Waals surface area contributed by atoms with E-state index in [4.69, 9.17) is 0 Å². The topological polar surface area (TPSA) is 58.2 Å². The Morgan fingerprint density at radius 3 is 2.28 bits per heavy atom. The van der Waals surface area contributed by atoms with Gasteiger partial charge in [0, 0.05) is 24.9 Å². The van der Waals surface area contributed by atoms with Gasteiger partial charge < -0.3 is 10.6 Å². The molecule has 2 N–H and O–H groups in total. The van der Waals surface area contributed by atoms with Crippen LogP contribution in [0, 0.1) is 0 Å². The summed E-state index contributed by atoms with van der Waals surface area (Å²) in [5.74, 6) is -0.117. The number of hydrogen-bond acceptors (Lipinski definition) is 3. The predicted molar refractivity (Wildman–Crippen MR) is 73.6 cm³/mol. The molecule has 5 heteroatoms. The molecule has 18 heavy (non-hydrogen) atoms. The molecule has 0 aliphatic rings. The summed E-state index contributed by atoms with van der Waals surface area (Å²) < 4.78 is 0. The fourth-order valence-corrected chi connectivity index (χ4v) is 1.84. The summed E-state index contributed by atoms with van der Waals surface area (Å²) in [6, 6.07) is 7.92. The maximum Gasteiger partial charge on any atom is 0.224 e. The fraction of sp³-hybridized carbons (Fsp3) is 0.385. The van der Waals surface area contributed by atoms with E-state index in [-0.39, 0.29) is 11.8 Å². The van der Waals surface area contributed by atoms with Crippen molar-refractivity contribution in [3.8, 4) is 0 Å². The van der Waals surface area contributed by atoms with E-state index >= 15 is 0 Å². The minimum Gasteiger partial charge on any atom is -0.355 e. The molecule has 0 atom stereocenters. The Kier molecular flexibility index (Phi) is 6.28. The largest absolute Gasteiger partial charge is 0.355 e. The lowest BCUT2D eigenvalue weighted by Crippen LogP contribution is -2.34. The molecule has 0 spiro atoms. The van der Waals surface area contributed by atoms with Crippen LogP contribution in [0.3, 0.4) is 0 Å². The molecule has 4 nitrogen and oxygen atoms in total. The molecule has 0 aliphatic heterocycles. The van der Waals surface area contributed by atoms with Crippen molar-refractivity contribution in [3.05, 3.63) is 29.8 Å². The van der Waals surface area contributed by atoms with Crippen molar-refractivity contribution in [1.29, 1.82) is 0 Å². The first-order valence-electron chi connectivity index (χ1n) is 5.76. The van der Waals surface area contributed by atoms with Crippen LogP contribution in [0.5, 0.6) is 0 Å². The zero-order chi connectivity index (χ0) is 13.4. The van der Waals surface area contributed by atoms with Crippen molar-refractivity contribution >= 4 is 23.6 Å². The monoisotopic (exact) mass is 266 g/mol. The maximum absolute atomic E-state index is 11.6. The van der Waals surface area contributed by atoms with Gasteiger partial charge in [-0.05, 0) is 24.0 Å². The van der Waals surface area contributed by atoms with Crippen LogP contribution in [0.4, 0.5) is 0 Å². The highest BCUT2D eigenvalue weighted by molar-refractivity contribution is 7.98. The highest BCUT2D eigenvalue weighted by Crippen LogP contribution is 2.14. The van der Waals surface area contributed by atoms with Crippen LogP contribution in [-0.4, -0.2) is 31.2 Å². The fourth-order valence-electron chi connectivity index (χ4n) is 1.43. The number of hydrogen-bond donors (Lipinski definition) is 2. The van der Waals surface area contributed by atoms with Crippen LogP contribution in [0.15, 0.2) is 29.2 Å². The average Bonchev–Trinajstić information content (AvgIpc) is 2.35. The molecule has 0 aromatic heterocycles. The molecule has 1 aromatic rings. The summed E-state index contributed by atoms with van der Waals surface area (Å²) in [6.45, 7) is 2.38. The van der Waals surface area contributed by atoms with Crippen molar-refractivity contribution in [2.24, 2.45) is 0 Å². The van der Waals surface area contributed by atoms with Crippen molar-refractivity contribution in [3.63, 3.8) is 0 Å². The van der Waals surface area contributed by atoms with Gasteiger partial charge >= 0.3 is 0 Å². The van der Waals surface area contributed by atoms with Crippen LogP contribution in [0.2, 0.25) is 0 Å². The van der Waals surface area contributed by atoms with E-state index in [2.05, 4.69) is 10.6 Å². The SMILES string of the molecule is CSc1ccc(CC(=O)NCCNC(C)=O)cc1. The molecule has 98 valence electrons. The van der Waals surface area contributed by atoms with Gasteiger partial charge in [0.1, 0.15) is 0 Å². The van der Waals surface area contributed by atoms with Crippen molar-refractivity contribution in [2.45, 2.75) is 18.2 Å². The van der Waals surface area contributed by atoms with Gasteiger partial charge in [-0.25, -0.2) is 0 Å². The van der Waals surface area contributed by atoms with Crippen LogP contribution >= 0.6 is 11.8 Å². The summed E-state index contributed by atoms with van der Waals surface area (Å²) in [7, 11) is 0. The molecule has 0 radical (unpaired) electrons. The number of rotatable bonds is 6. The molecule has 0 unspecified atom stereocenters. The second-order valence-corrected chi connectivity index (χ2v) is 4.74. The molecule has 1 rings (SSSR count). The normalized spacial score (nSPS) is 9.89. The number of thioether (sulfide) groups is 1. The summed E-state index contributed by atoms with van der Waals surface area (Å²) in [5, 5.41) is 5.38. The van der Waals surface area contributed by atoms with Crippen molar-refractivity contribution in [1.82, 2.24) is 10.6 Å². The average molecular weight is 266 g/mol. The molecule has 0 heterocycles. The highest BCUT2D eigenvalue weighted by atomic mass is 32.2. The molecule has 0 bridgehead atoms. The number of carbonyl (C=O) groups excluding carboxylic acids is 2. The zero-order valence-corrected chi connectivity index (χ0v) is 11.5. The molecule has 2 amide bonds. The molecular formula is C13H18N2O2S. The third-order valence-electron chi connectivity index (χ3n) is 2.34. The summed E-state index contributed by atoms with van der Waals surface area (Å²) in [4.78, 5) is 23.4. The van der Waals surface area contributed by atoms with E-state index in [1.807, 2.05) is 30.5 Å². The minimum absolute atomic E-state index is 0.0303. The van der Waals surface area contributed by atoms with Crippen LogP contribution in [0.1, 0.15) is 12.5 Å². The quantitative estimate of drug-likeness (QED) is 0.601. The Morgan fingerprint density at radius 2 is 1.72 bits per heavy atom. The van der Waals surface area contributed by atoms with Crippen molar-refractivity contribution < 1.29 is 9.59 Å². The third-order valence-corrected chi connectivity index (χ3v) is 3.09. The smallest absolute Gasteiger partial charge is 0.224 e. The standard InChI is InChI=1S/C13H18N2O2S/c1-10(16)14-7-8-15-13(17)9-11-3-5-12(18-2)6-4-11/h3-6H,7-9H2,1-2H3,(H,14,16)(H,15,17). The van der Waals surface area contributed by atoms with Crippen LogP contribution < -0.4 is 10.6 Å². The van der Waals surface area contributed by atoms with Gasteiger partial charge in [0.25, 0.3) is 0 Å². The lowest BCUT2D eigenvalue weighted by molar-refractivity contribution is -0.121. The van der Waals surface area contributed by atoms with E-state index in [0.29, 0.717) is 19.5 Å².